The summed E-state index contributed by atoms with van der Waals surface area (Å²) < 4.78 is 13.8. The smallest absolute Gasteiger partial charge is 0.225 e. The van der Waals surface area contributed by atoms with Crippen LogP contribution in [0.25, 0.3) is 11.1 Å². The Hall–Kier alpha value is -2.50. The fourth-order valence-electron chi connectivity index (χ4n) is 3.45. The molecule has 0 bridgehead atoms. The standard InChI is InChI=1S/C20H25FN4O/c1-4-18(26)25-11-6-5-10-17(25)19-16(13-22-20(23-19)24(2)3)14-8-7-9-15(21)12-14/h7-9,12-13,17H,4-6,10-11H2,1-3H3/t17-/m1/s1. The lowest BCUT2D eigenvalue weighted by Crippen LogP contribution is -2.39. The average molecular weight is 356 g/mol. The zero-order chi connectivity index (χ0) is 18.7. The molecule has 1 fully saturated rings. The van der Waals surface area contributed by atoms with E-state index in [0.717, 1.165) is 42.6 Å². The summed E-state index contributed by atoms with van der Waals surface area (Å²) in [6.07, 6.45) is 5.12. The lowest BCUT2D eigenvalue weighted by Gasteiger charge is -2.36. The molecule has 1 aliphatic heterocycles. The number of benzene rings is 1. The van der Waals surface area contributed by atoms with Gasteiger partial charge in [0.2, 0.25) is 11.9 Å². The largest absolute Gasteiger partial charge is 0.347 e. The maximum Gasteiger partial charge on any atom is 0.225 e. The summed E-state index contributed by atoms with van der Waals surface area (Å²) in [5.74, 6) is 0.426. The number of aromatic nitrogens is 2. The van der Waals surface area contributed by atoms with Crippen LogP contribution >= 0.6 is 0 Å². The van der Waals surface area contributed by atoms with Crippen LogP contribution in [0.15, 0.2) is 30.5 Å². The molecule has 3 rings (SSSR count). The molecule has 1 aromatic carbocycles. The van der Waals surface area contributed by atoms with Crippen LogP contribution in [0.4, 0.5) is 10.3 Å². The first-order chi connectivity index (χ1) is 12.5. The maximum absolute atomic E-state index is 13.8. The van der Waals surface area contributed by atoms with E-state index in [9.17, 15) is 9.18 Å². The average Bonchev–Trinajstić information content (AvgIpc) is 2.66. The molecule has 0 unspecified atom stereocenters. The molecule has 1 atom stereocenters. The van der Waals surface area contributed by atoms with Gasteiger partial charge in [0.05, 0.1) is 11.7 Å². The minimum Gasteiger partial charge on any atom is -0.347 e. The van der Waals surface area contributed by atoms with E-state index < -0.39 is 0 Å². The zero-order valence-corrected chi connectivity index (χ0v) is 15.6. The van der Waals surface area contributed by atoms with Crippen LogP contribution in [0.3, 0.4) is 0 Å². The first-order valence-electron chi connectivity index (χ1n) is 9.11. The van der Waals surface area contributed by atoms with Crippen molar-refractivity contribution >= 4 is 11.9 Å². The number of likely N-dealkylation sites (tertiary alicyclic amines) is 1. The number of carbonyl (C=O) groups excluding carboxylic acids is 1. The number of nitrogens with zero attached hydrogens (tertiary/aromatic N) is 4. The van der Waals surface area contributed by atoms with Crippen LogP contribution in [0, 0.1) is 5.82 Å². The number of anilines is 1. The van der Waals surface area contributed by atoms with Crippen LogP contribution < -0.4 is 4.90 Å². The summed E-state index contributed by atoms with van der Waals surface area (Å²) in [5.41, 5.74) is 2.33. The minimum absolute atomic E-state index is 0.101. The van der Waals surface area contributed by atoms with Gasteiger partial charge in [-0.25, -0.2) is 14.4 Å². The van der Waals surface area contributed by atoms with Gasteiger partial charge in [-0.05, 0) is 37.0 Å². The van der Waals surface area contributed by atoms with Crippen molar-refractivity contribution in [2.24, 2.45) is 0 Å². The molecule has 1 aromatic heterocycles. The van der Waals surface area contributed by atoms with Gasteiger partial charge < -0.3 is 9.80 Å². The molecule has 26 heavy (non-hydrogen) atoms. The van der Waals surface area contributed by atoms with Crippen LogP contribution in [-0.2, 0) is 4.79 Å². The van der Waals surface area contributed by atoms with E-state index in [1.54, 1.807) is 12.3 Å². The molecular weight excluding hydrogens is 331 g/mol. The van der Waals surface area contributed by atoms with Crippen molar-refractivity contribution in [2.75, 3.05) is 25.5 Å². The number of rotatable bonds is 4. The summed E-state index contributed by atoms with van der Waals surface area (Å²) in [6, 6.07) is 6.36. The highest BCUT2D eigenvalue weighted by atomic mass is 19.1. The summed E-state index contributed by atoms with van der Waals surface area (Å²) >= 11 is 0. The predicted molar refractivity (Wildman–Crippen MR) is 100 cm³/mol. The monoisotopic (exact) mass is 356 g/mol. The van der Waals surface area contributed by atoms with Crippen molar-refractivity contribution in [1.82, 2.24) is 14.9 Å². The van der Waals surface area contributed by atoms with Gasteiger partial charge in [0.1, 0.15) is 5.82 Å². The second-order valence-corrected chi connectivity index (χ2v) is 6.83. The Balaban J connectivity index is 2.13. The van der Waals surface area contributed by atoms with Crippen LogP contribution in [0.1, 0.15) is 44.3 Å². The Morgan fingerprint density at radius 3 is 2.85 bits per heavy atom. The maximum atomic E-state index is 13.8. The highest BCUT2D eigenvalue weighted by Crippen LogP contribution is 2.36. The molecule has 0 spiro atoms. The van der Waals surface area contributed by atoms with Crippen LogP contribution in [-0.4, -0.2) is 41.4 Å². The quantitative estimate of drug-likeness (QED) is 0.836. The van der Waals surface area contributed by atoms with Crippen molar-refractivity contribution in [3.63, 3.8) is 0 Å². The molecule has 5 nitrogen and oxygen atoms in total. The van der Waals surface area contributed by atoms with Gasteiger partial charge in [0, 0.05) is 38.8 Å². The Morgan fingerprint density at radius 2 is 2.15 bits per heavy atom. The Bertz CT molecular complexity index is 793. The van der Waals surface area contributed by atoms with E-state index in [1.807, 2.05) is 36.9 Å². The van der Waals surface area contributed by atoms with Gasteiger partial charge >= 0.3 is 0 Å². The van der Waals surface area contributed by atoms with Crippen LogP contribution in [0.2, 0.25) is 0 Å². The molecule has 0 saturated carbocycles. The molecule has 1 saturated heterocycles. The van der Waals surface area contributed by atoms with Gasteiger partial charge in [0.15, 0.2) is 0 Å². The fourth-order valence-corrected chi connectivity index (χ4v) is 3.45. The third kappa shape index (κ3) is 3.69. The Labute approximate surface area is 153 Å². The van der Waals surface area contributed by atoms with Gasteiger partial charge in [-0.2, -0.15) is 0 Å². The van der Waals surface area contributed by atoms with Crippen molar-refractivity contribution in [1.29, 1.82) is 0 Å². The molecule has 138 valence electrons. The first-order valence-corrected chi connectivity index (χ1v) is 9.11. The Kier molecular flexibility index (Phi) is 5.49. The van der Waals surface area contributed by atoms with E-state index in [1.165, 1.54) is 12.1 Å². The van der Waals surface area contributed by atoms with E-state index in [-0.39, 0.29) is 17.8 Å². The second kappa shape index (κ2) is 7.81. The fraction of sp³-hybridized carbons (Fsp3) is 0.450. The molecule has 2 aromatic rings. The molecule has 2 heterocycles. The number of hydrogen-bond acceptors (Lipinski definition) is 4. The van der Waals surface area contributed by atoms with E-state index in [2.05, 4.69) is 4.98 Å². The van der Waals surface area contributed by atoms with Gasteiger partial charge in [-0.3, -0.25) is 4.79 Å². The molecule has 0 radical (unpaired) electrons. The van der Waals surface area contributed by atoms with Crippen molar-refractivity contribution in [2.45, 2.75) is 38.6 Å². The zero-order valence-electron chi connectivity index (χ0n) is 15.6. The second-order valence-electron chi connectivity index (χ2n) is 6.83. The van der Waals surface area contributed by atoms with Crippen molar-refractivity contribution in [3.8, 4) is 11.1 Å². The lowest BCUT2D eigenvalue weighted by molar-refractivity contribution is -0.134. The van der Waals surface area contributed by atoms with Crippen molar-refractivity contribution < 1.29 is 9.18 Å². The number of amides is 1. The normalized spacial score (nSPS) is 17.2. The van der Waals surface area contributed by atoms with Gasteiger partial charge in [-0.15, -0.1) is 0 Å². The third-order valence-corrected chi connectivity index (χ3v) is 4.78. The molecule has 0 aliphatic carbocycles. The third-order valence-electron chi connectivity index (χ3n) is 4.78. The van der Waals surface area contributed by atoms with Crippen LogP contribution in [0.5, 0.6) is 0 Å². The summed E-state index contributed by atoms with van der Waals surface area (Å²) in [6.45, 7) is 2.62. The lowest BCUT2D eigenvalue weighted by atomic mass is 9.93. The van der Waals surface area contributed by atoms with E-state index in [4.69, 9.17) is 4.98 Å². The molecule has 0 N–H and O–H groups in total. The topological polar surface area (TPSA) is 49.3 Å². The molecule has 1 aliphatic rings. The minimum atomic E-state index is -0.296. The number of carbonyl (C=O) groups is 1. The highest BCUT2D eigenvalue weighted by Gasteiger charge is 2.30. The van der Waals surface area contributed by atoms with Crippen molar-refractivity contribution in [3.05, 3.63) is 42.0 Å². The first kappa shape index (κ1) is 18.3. The highest BCUT2D eigenvalue weighted by molar-refractivity contribution is 5.77. The molecular formula is C20H25FN4O. The van der Waals surface area contributed by atoms with Gasteiger partial charge in [-0.1, -0.05) is 19.1 Å². The number of hydrogen-bond donors (Lipinski definition) is 0. The summed E-state index contributed by atoms with van der Waals surface area (Å²) in [5, 5.41) is 0. The van der Waals surface area contributed by atoms with Gasteiger partial charge in [0.25, 0.3) is 0 Å². The predicted octanol–water partition coefficient (Wildman–Crippen LogP) is 3.81. The Morgan fingerprint density at radius 1 is 1.35 bits per heavy atom. The molecule has 1 amide bonds. The summed E-state index contributed by atoms with van der Waals surface area (Å²) in [4.78, 5) is 25.4. The van der Waals surface area contributed by atoms with E-state index in [0.29, 0.717) is 12.4 Å². The number of halogens is 1. The summed E-state index contributed by atoms with van der Waals surface area (Å²) in [7, 11) is 3.77. The SMILES string of the molecule is CCC(=O)N1CCCC[C@@H]1c1nc(N(C)C)ncc1-c1cccc(F)c1. The number of piperidine rings is 1. The molecule has 6 heteroatoms. The van der Waals surface area contributed by atoms with E-state index >= 15 is 0 Å².